The molecule has 2 aromatic rings. The van der Waals surface area contributed by atoms with Crippen LogP contribution in [0.25, 0.3) is 11.0 Å². The van der Waals surface area contributed by atoms with E-state index in [1.165, 1.54) is 0 Å². The lowest BCUT2D eigenvalue weighted by molar-refractivity contribution is 0.408. The molecule has 2 rings (SSSR count). The van der Waals surface area contributed by atoms with Crippen LogP contribution in [-0.2, 0) is 0 Å². The number of nitrogens with two attached hydrogens (primary N) is 1. The SMILES string of the molecule is CC(C)C(N)c1cc2c(Br)cc(F)c(F)c2o1. The number of hydrogen-bond acceptors (Lipinski definition) is 2. The summed E-state index contributed by atoms with van der Waals surface area (Å²) in [5.74, 6) is -1.31. The maximum Gasteiger partial charge on any atom is 0.201 e. The molecule has 1 atom stereocenters. The summed E-state index contributed by atoms with van der Waals surface area (Å²) in [6.45, 7) is 3.87. The van der Waals surface area contributed by atoms with Crippen LogP contribution in [0.2, 0.25) is 0 Å². The third kappa shape index (κ3) is 2.09. The Morgan fingerprint density at radius 3 is 2.53 bits per heavy atom. The molecule has 0 saturated carbocycles. The zero-order chi connectivity index (χ0) is 12.7. The molecule has 0 aliphatic carbocycles. The minimum atomic E-state index is -0.981. The molecule has 0 aliphatic rings. The quantitative estimate of drug-likeness (QED) is 0.847. The van der Waals surface area contributed by atoms with Gasteiger partial charge in [-0.25, -0.2) is 4.39 Å². The first-order valence-electron chi connectivity index (χ1n) is 5.24. The van der Waals surface area contributed by atoms with E-state index < -0.39 is 11.6 Å². The monoisotopic (exact) mass is 303 g/mol. The molecule has 1 aromatic carbocycles. The van der Waals surface area contributed by atoms with Gasteiger partial charge in [0, 0.05) is 9.86 Å². The molecule has 1 unspecified atom stereocenters. The van der Waals surface area contributed by atoms with Crippen molar-refractivity contribution in [2.75, 3.05) is 0 Å². The van der Waals surface area contributed by atoms with Gasteiger partial charge in [0.25, 0.3) is 0 Å². The van der Waals surface area contributed by atoms with Gasteiger partial charge >= 0.3 is 0 Å². The Bertz CT molecular complexity index is 565. The third-order valence-electron chi connectivity index (χ3n) is 2.72. The van der Waals surface area contributed by atoms with Crippen molar-refractivity contribution >= 4 is 26.9 Å². The molecule has 0 saturated heterocycles. The highest BCUT2D eigenvalue weighted by molar-refractivity contribution is 9.10. The largest absolute Gasteiger partial charge is 0.456 e. The van der Waals surface area contributed by atoms with Gasteiger partial charge in [-0.15, -0.1) is 0 Å². The van der Waals surface area contributed by atoms with Crippen molar-refractivity contribution in [1.82, 2.24) is 0 Å². The van der Waals surface area contributed by atoms with E-state index in [2.05, 4.69) is 15.9 Å². The minimum absolute atomic E-state index is 0.0945. The Kier molecular flexibility index (Phi) is 3.23. The molecule has 0 spiro atoms. The first kappa shape index (κ1) is 12.5. The summed E-state index contributed by atoms with van der Waals surface area (Å²) in [6, 6.07) is 2.39. The van der Waals surface area contributed by atoms with Gasteiger partial charge in [-0.3, -0.25) is 0 Å². The fourth-order valence-electron chi connectivity index (χ4n) is 1.60. The second-order valence-electron chi connectivity index (χ2n) is 4.32. The highest BCUT2D eigenvalue weighted by Gasteiger charge is 2.20. The second kappa shape index (κ2) is 4.38. The van der Waals surface area contributed by atoms with Gasteiger partial charge in [-0.05, 0) is 34.0 Å². The number of rotatable bonds is 2. The zero-order valence-corrected chi connectivity index (χ0v) is 11.0. The highest BCUT2D eigenvalue weighted by Crippen LogP contribution is 2.34. The Labute approximate surface area is 106 Å². The number of furan rings is 1. The number of hydrogen-bond donors (Lipinski definition) is 1. The molecule has 92 valence electrons. The summed E-state index contributed by atoms with van der Waals surface area (Å²) >= 11 is 3.17. The van der Waals surface area contributed by atoms with Gasteiger partial charge < -0.3 is 10.2 Å². The van der Waals surface area contributed by atoms with Crippen LogP contribution in [0.15, 0.2) is 21.0 Å². The average molecular weight is 304 g/mol. The Morgan fingerprint density at radius 1 is 1.29 bits per heavy atom. The van der Waals surface area contributed by atoms with Crippen LogP contribution in [-0.4, -0.2) is 0 Å². The van der Waals surface area contributed by atoms with Crippen LogP contribution in [0.3, 0.4) is 0 Å². The molecule has 0 radical (unpaired) electrons. The molecular weight excluding hydrogens is 292 g/mol. The predicted molar refractivity (Wildman–Crippen MR) is 65.6 cm³/mol. The average Bonchev–Trinajstić information content (AvgIpc) is 2.70. The fourth-order valence-corrected chi connectivity index (χ4v) is 2.10. The first-order chi connectivity index (χ1) is 7.91. The van der Waals surface area contributed by atoms with E-state index in [9.17, 15) is 8.78 Å². The molecular formula is C12H12BrF2NO. The fraction of sp³-hybridized carbons (Fsp3) is 0.333. The number of halogens is 3. The van der Waals surface area contributed by atoms with Gasteiger partial charge in [0.1, 0.15) is 5.76 Å². The van der Waals surface area contributed by atoms with Gasteiger partial charge in [-0.2, -0.15) is 4.39 Å². The molecule has 0 amide bonds. The van der Waals surface area contributed by atoms with E-state index in [-0.39, 0.29) is 17.5 Å². The molecule has 1 aromatic heterocycles. The van der Waals surface area contributed by atoms with Crippen molar-refractivity contribution in [3.63, 3.8) is 0 Å². The second-order valence-corrected chi connectivity index (χ2v) is 5.17. The summed E-state index contributed by atoms with van der Waals surface area (Å²) in [6.07, 6.45) is 0. The van der Waals surface area contributed by atoms with E-state index in [0.29, 0.717) is 15.6 Å². The molecule has 17 heavy (non-hydrogen) atoms. The maximum absolute atomic E-state index is 13.5. The normalized spacial score (nSPS) is 13.6. The van der Waals surface area contributed by atoms with Crippen molar-refractivity contribution in [2.24, 2.45) is 11.7 Å². The van der Waals surface area contributed by atoms with Gasteiger partial charge in [0.2, 0.25) is 5.82 Å². The number of benzene rings is 1. The molecule has 1 heterocycles. The lowest BCUT2D eigenvalue weighted by Gasteiger charge is -2.11. The lowest BCUT2D eigenvalue weighted by Crippen LogP contribution is -2.15. The summed E-state index contributed by atoms with van der Waals surface area (Å²) in [5, 5.41) is 0.495. The Balaban J connectivity index is 2.65. The summed E-state index contributed by atoms with van der Waals surface area (Å²) < 4.78 is 32.5. The molecule has 0 fully saturated rings. The Morgan fingerprint density at radius 2 is 1.94 bits per heavy atom. The van der Waals surface area contributed by atoms with E-state index in [0.717, 1.165) is 6.07 Å². The van der Waals surface area contributed by atoms with Gasteiger partial charge in [0.05, 0.1) is 6.04 Å². The van der Waals surface area contributed by atoms with Crippen molar-refractivity contribution in [3.05, 3.63) is 34.0 Å². The topological polar surface area (TPSA) is 39.2 Å². The van der Waals surface area contributed by atoms with Crippen molar-refractivity contribution in [3.8, 4) is 0 Å². The number of fused-ring (bicyclic) bond motifs is 1. The smallest absolute Gasteiger partial charge is 0.201 e. The molecule has 2 nitrogen and oxygen atoms in total. The third-order valence-corrected chi connectivity index (χ3v) is 3.37. The molecule has 2 N–H and O–H groups in total. The van der Waals surface area contributed by atoms with E-state index >= 15 is 0 Å². The van der Waals surface area contributed by atoms with Crippen molar-refractivity contribution < 1.29 is 13.2 Å². The van der Waals surface area contributed by atoms with Crippen LogP contribution in [0, 0.1) is 17.6 Å². The standard InChI is InChI=1S/C12H12BrF2NO/c1-5(2)11(16)9-3-6-7(13)4-8(14)10(15)12(6)17-9/h3-5,11H,16H2,1-2H3. The van der Waals surface area contributed by atoms with Crippen LogP contribution in [0.1, 0.15) is 25.6 Å². The van der Waals surface area contributed by atoms with Crippen LogP contribution in [0.4, 0.5) is 8.78 Å². The van der Waals surface area contributed by atoms with Crippen LogP contribution < -0.4 is 5.73 Å². The van der Waals surface area contributed by atoms with Gasteiger partial charge in [-0.1, -0.05) is 13.8 Å². The Hall–Kier alpha value is -0.940. The first-order valence-corrected chi connectivity index (χ1v) is 6.03. The van der Waals surface area contributed by atoms with Gasteiger partial charge in [0.15, 0.2) is 11.4 Å². The zero-order valence-electron chi connectivity index (χ0n) is 9.43. The highest BCUT2D eigenvalue weighted by atomic mass is 79.9. The lowest BCUT2D eigenvalue weighted by atomic mass is 10.0. The van der Waals surface area contributed by atoms with Crippen molar-refractivity contribution in [2.45, 2.75) is 19.9 Å². The molecule has 0 aliphatic heterocycles. The molecule has 5 heteroatoms. The summed E-state index contributed by atoms with van der Waals surface area (Å²) in [5.41, 5.74) is 5.82. The van der Waals surface area contributed by atoms with E-state index in [1.54, 1.807) is 6.07 Å². The minimum Gasteiger partial charge on any atom is -0.456 e. The van der Waals surface area contributed by atoms with Crippen molar-refractivity contribution in [1.29, 1.82) is 0 Å². The summed E-state index contributed by atoms with van der Waals surface area (Å²) in [4.78, 5) is 0. The van der Waals surface area contributed by atoms with Crippen LogP contribution in [0.5, 0.6) is 0 Å². The van der Waals surface area contributed by atoms with E-state index in [4.69, 9.17) is 10.2 Å². The maximum atomic E-state index is 13.5. The van der Waals surface area contributed by atoms with Crippen LogP contribution >= 0.6 is 15.9 Å². The molecule has 0 bridgehead atoms. The van der Waals surface area contributed by atoms with E-state index in [1.807, 2.05) is 13.8 Å². The predicted octanol–water partition coefficient (Wildman–Crippen LogP) is 4.13. The summed E-state index contributed by atoms with van der Waals surface area (Å²) in [7, 11) is 0.